The van der Waals surface area contributed by atoms with E-state index in [1.807, 2.05) is 35.8 Å². The number of methoxy groups -OCH3 is 1. The smallest absolute Gasteiger partial charge is 0.330 e. The number of nitrogens with zero attached hydrogens (tertiary/aromatic N) is 3. The third-order valence-electron chi connectivity index (χ3n) is 5.09. The van der Waals surface area contributed by atoms with Gasteiger partial charge in [-0.05, 0) is 44.5 Å². The predicted molar refractivity (Wildman–Crippen MR) is 118 cm³/mol. The summed E-state index contributed by atoms with van der Waals surface area (Å²) in [5.74, 6) is 0.284. The summed E-state index contributed by atoms with van der Waals surface area (Å²) in [6.07, 6.45) is 1.67. The van der Waals surface area contributed by atoms with Gasteiger partial charge in [-0.25, -0.2) is 9.48 Å². The molecule has 0 N–H and O–H groups in total. The van der Waals surface area contributed by atoms with E-state index < -0.39 is 12.0 Å². The number of ether oxygens (including phenoxy) is 2. The molecule has 156 valence electrons. The largest absolute Gasteiger partial charge is 0.497 e. The maximum atomic E-state index is 13.4. The fourth-order valence-electron chi connectivity index (χ4n) is 3.66. The molecule has 0 unspecified atom stereocenters. The van der Waals surface area contributed by atoms with E-state index in [0.717, 1.165) is 31.8 Å². The highest BCUT2D eigenvalue weighted by atomic mass is 32.1. The van der Waals surface area contributed by atoms with Crippen LogP contribution in [0.25, 0.3) is 21.1 Å². The number of esters is 1. The van der Waals surface area contributed by atoms with Crippen LogP contribution in [-0.4, -0.2) is 34.0 Å². The maximum absolute atomic E-state index is 13.4. The van der Waals surface area contributed by atoms with Crippen molar-refractivity contribution in [3.63, 3.8) is 0 Å². The number of benzene rings is 1. The van der Waals surface area contributed by atoms with E-state index in [0.29, 0.717) is 12.1 Å². The average molecular weight is 426 g/mol. The molecular weight excluding hydrogens is 402 g/mol. The third-order valence-corrected chi connectivity index (χ3v) is 6.16. The molecule has 4 aromatic rings. The van der Waals surface area contributed by atoms with Crippen LogP contribution in [0.4, 0.5) is 0 Å². The van der Waals surface area contributed by atoms with Crippen LogP contribution in [0.2, 0.25) is 0 Å². The van der Waals surface area contributed by atoms with E-state index in [1.54, 1.807) is 38.5 Å². The highest BCUT2D eigenvalue weighted by molar-refractivity contribution is 7.20. The summed E-state index contributed by atoms with van der Waals surface area (Å²) in [6.45, 7) is 6.16. The number of fused-ring (bicyclic) bond motifs is 3. The lowest BCUT2D eigenvalue weighted by atomic mass is 10.2. The van der Waals surface area contributed by atoms with Crippen molar-refractivity contribution in [2.45, 2.75) is 33.4 Å². The number of rotatable bonds is 6. The van der Waals surface area contributed by atoms with E-state index in [4.69, 9.17) is 9.47 Å². The van der Waals surface area contributed by atoms with Crippen LogP contribution in [0, 0.1) is 6.92 Å². The minimum Gasteiger partial charge on any atom is -0.497 e. The quantitative estimate of drug-likeness (QED) is 0.438. The second kappa shape index (κ2) is 7.95. The Balaban J connectivity index is 1.92. The summed E-state index contributed by atoms with van der Waals surface area (Å²) in [5.41, 5.74) is 2.22. The summed E-state index contributed by atoms with van der Waals surface area (Å²) < 4.78 is 14.6. The van der Waals surface area contributed by atoms with Gasteiger partial charge in [0.25, 0.3) is 5.56 Å². The fraction of sp³-hybridized carbons (Fsp3) is 0.318. The molecule has 0 aliphatic rings. The van der Waals surface area contributed by atoms with Gasteiger partial charge in [-0.15, -0.1) is 11.3 Å². The molecule has 0 aliphatic carbocycles. The van der Waals surface area contributed by atoms with Crippen LogP contribution < -0.4 is 10.3 Å². The Kier molecular flexibility index (Phi) is 5.34. The standard InChI is InChI=1S/C22H23N3O4S/c1-5-29-22(27)14(3)25-21(26)19-17(11-23-25)20-18(9-13(2)30-20)24(19)12-15-7-6-8-16(10-15)28-4/h6-11,14H,5,12H2,1-4H3/t14-/m0/s1. The number of aromatic nitrogens is 3. The van der Waals surface area contributed by atoms with Gasteiger partial charge in [-0.1, -0.05) is 12.1 Å². The van der Waals surface area contributed by atoms with Crippen molar-refractivity contribution in [3.8, 4) is 5.75 Å². The van der Waals surface area contributed by atoms with Gasteiger partial charge in [-0.3, -0.25) is 4.79 Å². The first kappa shape index (κ1) is 20.2. The molecule has 8 heteroatoms. The Morgan fingerprint density at radius 1 is 1.30 bits per heavy atom. The van der Waals surface area contributed by atoms with Crippen LogP contribution in [0.3, 0.4) is 0 Å². The molecule has 0 saturated heterocycles. The van der Waals surface area contributed by atoms with Gasteiger partial charge in [0.1, 0.15) is 11.3 Å². The van der Waals surface area contributed by atoms with Gasteiger partial charge in [-0.2, -0.15) is 5.10 Å². The molecule has 3 heterocycles. The first-order chi connectivity index (χ1) is 14.4. The van der Waals surface area contributed by atoms with Crippen molar-refractivity contribution in [2.24, 2.45) is 0 Å². The summed E-state index contributed by atoms with van der Waals surface area (Å²) >= 11 is 1.63. The first-order valence-corrected chi connectivity index (χ1v) is 10.6. The van der Waals surface area contributed by atoms with E-state index in [9.17, 15) is 9.59 Å². The molecule has 0 aliphatic heterocycles. The Morgan fingerprint density at radius 3 is 2.83 bits per heavy atom. The molecule has 0 spiro atoms. The van der Waals surface area contributed by atoms with Crippen LogP contribution in [0.5, 0.6) is 5.75 Å². The number of thiophene rings is 1. The summed E-state index contributed by atoms with van der Waals surface area (Å²) in [4.78, 5) is 26.8. The van der Waals surface area contributed by atoms with Gasteiger partial charge in [0.15, 0.2) is 6.04 Å². The zero-order valence-corrected chi connectivity index (χ0v) is 18.2. The van der Waals surface area contributed by atoms with E-state index >= 15 is 0 Å². The summed E-state index contributed by atoms with van der Waals surface area (Å²) in [6, 6.07) is 9.05. The molecule has 0 bridgehead atoms. The van der Waals surface area contributed by atoms with Crippen LogP contribution in [-0.2, 0) is 16.1 Å². The Hall–Kier alpha value is -3.13. The molecule has 0 fully saturated rings. The number of hydrogen-bond donors (Lipinski definition) is 0. The van der Waals surface area contributed by atoms with Crippen molar-refractivity contribution in [2.75, 3.05) is 13.7 Å². The first-order valence-electron chi connectivity index (χ1n) is 9.74. The molecule has 3 aromatic heterocycles. The second-order valence-corrected chi connectivity index (χ2v) is 8.35. The van der Waals surface area contributed by atoms with Crippen molar-refractivity contribution in [3.05, 3.63) is 57.3 Å². The van der Waals surface area contributed by atoms with Crippen molar-refractivity contribution in [1.29, 1.82) is 0 Å². The van der Waals surface area contributed by atoms with Crippen molar-refractivity contribution in [1.82, 2.24) is 14.3 Å². The lowest BCUT2D eigenvalue weighted by Crippen LogP contribution is -2.32. The zero-order valence-electron chi connectivity index (χ0n) is 17.3. The molecule has 4 rings (SSSR count). The minimum atomic E-state index is -0.804. The zero-order chi connectivity index (χ0) is 21.4. The maximum Gasteiger partial charge on any atom is 0.330 e. The number of carbonyl (C=O) groups excluding carboxylic acids is 1. The molecule has 0 amide bonds. The molecule has 0 radical (unpaired) electrons. The molecule has 1 aromatic carbocycles. The summed E-state index contributed by atoms with van der Waals surface area (Å²) in [7, 11) is 1.63. The highest BCUT2D eigenvalue weighted by Gasteiger charge is 2.23. The van der Waals surface area contributed by atoms with Gasteiger partial charge in [0.2, 0.25) is 0 Å². The Labute approximate surface area is 177 Å². The van der Waals surface area contributed by atoms with Gasteiger partial charge in [0.05, 0.1) is 30.1 Å². The van der Waals surface area contributed by atoms with Gasteiger partial charge in [0, 0.05) is 16.8 Å². The Morgan fingerprint density at radius 2 is 2.10 bits per heavy atom. The molecule has 7 nitrogen and oxygen atoms in total. The fourth-order valence-corrected chi connectivity index (χ4v) is 4.68. The van der Waals surface area contributed by atoms with Crippen molar-refractivity contribution >= 4 is 38.4 Å². The normalized spacial score (nSPS) is 12.4. The lowest BCUT2D eigenvalue weighted by Gasteiger charge is -2.13. The Bertz CT molecular complexity index is 1300. The number of aryl methyl sites for hydroxylation is 1. The summed E-state index contributed by atoms with van der Waals surface area (Å²) in [5, 5.41) is 5.09. The molecule has 0 saturated carbocycles. The average Bonchev–Trinajstić information content (AvgIpc) is 3.25. The number of hydrogen-bond acceptors (Lipinski definition) is 6. The van der Waals surface area contributed by atoms with Crippen molar-refractivity contribution < 1.29 is 14.3 Å². The molecule has 30 heavy (non-hydrogen) atoms. The predicted octanol–water partition coefficient (Wildman–Crippen LogP) is 3.90. The monoisotopic (exact) mass is 425 g/mol. The third kappa shape index (κ3) is 3.37. The number of carbonyl (C=O) groups is 1. The van der Waals surface area contributed by atoms with Crippen LogP contribution in [0.1, 0.15) is 30.3 Å². The van der Waals surface area contributed by atoms with Crippen LogP contribution >= 0.6 is 11.3 Å². The lowest BCUT2D eigenvalue weighted by molar-refractivity contribution is -0.147. The van der Waals surface area contributed by atoms with Gasteiger partial charge >= 0.3 is 5.97 Å². The molecule has 1 atom stereocenters. The van der Waals surface area contributed by atoms with E-state index in [2.05, 4.69) is 11.2 Å². The van der Waals surface area contributed by atoms with Crippen LogP contribution in [0.15, 0.2) is 41.3 Å². The topological polar surface area (TPSA) is 75.3 Å². The van der Waals surface area contributed by atoms with E-state index in [1.165, 1.54) is 4.68 Å². The van der Waals surface area contributed by atoms with E-state index in [-0.39, 0.29) is 12.2 Å². The SMILES string of the molecule is CCOC(=O)[C@H](C)n1ncc2c3sc(C)cc3n(Cc3cccc(OC)c3)c2c1=O. The molecular formula is C22H23N3O4S. The minimum absolute atomic E-state index is 0.251. The second-order valence-electron chi connectivity index (χ2n) is 7.09. The van der Waals surface area contributed by atoms with Gasteiger partial charge < -0.3 is 14.0 Å². The highest BCUT2D eigenvalue weighted by Crippen LogP contribution is 2.34.